The maximum absolute atomic E-state index is 13.3. The van der Waals surface area contributed by atoms with Gasteiger partial charge in [0, 0.05) is 31.9 Å². The van der Waals surface area contributed by atoms with Crippen LogP contribution in [0.5, 0.6) is 0 Å². The first-order chi connectivity index (χ1) is 14.3. The minimum absolute atomic E-state index is 0.0432. The molecule has 0 aliphatic carbocycles. The number of hydrogen-bond acceptors (Lipinski definition) is 5. The van der Waals surface area contributed by atoms with Gasteiger partial charge in [-0.25, -0.2) is 17.6 Å². The van der Waals surface area contributed by atoms with E-state index in [1.807, 2.05) is 0 Å². The number of urea groups is 1. The first kappa shape index (κ1) is 22.2. The van der Waals surface area contributed by atoms with Crippen molar-refractivity contribution >= 4 is 39.2 Å². The van der Waals surface area contributed by atoms with Crippen LogP contribution in [0.1, 0.15) is 0 Å². The average molecular weight is 455 g/mol. The van der Waals surface area contributed by atoms with Gasteiger partial charge >= 0.3 is 6.03 Å². The van der Waals surface area contributed by atoms with Gasteiger partial charge in [0.05, 0.1) is 16.5 Å². The van der Waals surface area contributed by atoms with E-state index in [-0.39, 0.29) is 29.6 Å². The fourth-order valence-electron chi connectivity index (χ4n) is 2.97. The molecule has 1 heterocycles. The first-order valence-corrected chi connectivity index (χ1v) is 10.9. The monoisotopic (exact) mass is 454 g/mol. The summed E-state index contributed by atoms with van der Waals surface area (Å²) in [5.41, 5.74) is 0.558. The van der Waals surface area contributed by atoms with Crippen molar-refractivity contribution in [3.63, 3.8) is 0 Å². The highest BCUT2D eigenvalue weighted by molar-refractivity contribution is 7.89. The van der Waals surface area contributed by atoms with Crippen molar-refractivity contribution in [2.45, 2.75) is 4.90 Å². The SMILES string of the molecule is O=C(CN1CCN(S(=O)(=O)c2ccc(F)c(Cl)c2)CC1)NC(=O)Nc1ccccc1. The summed E-state index contributed by atoms with van der Waals surface area (Å²) in [7, 11) is -3.82. The fourth-order valence-corrected chi connectivity index (χ4v) is 4.66. The summed E-state index contributed by atoms with van der Waals surface area (Å²) in [5.74, 6) is -1.19. The molecule has 2 aromatic rings. The lowest BCUT2D eigenvalue weighted by Crippen LogP contribution is -2.51. The Morgan fingerprint density at radius 2 is 1.70 bits per heavy atom. The topological polar surface area (TPSA) is 98.8 Å². The highest BCUT2D eigenvalue weighted by Gasteiger charge is 2.29. The maximum Gasteiger partial charge on any atom is 0.325 e. The van der Waals surface area contributed by atoms with Crippen LogP contribution in [0.2, 0.25) is 5.02 Å². The van der Waals surface area contributed by atoms with E-state index in [0.29, 0.717) is 18.8 Å². The van der Waals surface area contributed by atoms with Gasteiger partial charge in [0.1, 0.15) is 5.82 Å². The molecule has 0 saturated carbocycles. The maximum atomic E-state index is 13.3. The second-order valence-corrected chi connectivity index (χ2v) is 8.97. The van der Waals surface area contributed by atoms with Gasteiger partial charge in [-0.1, -0.05) is 29.8 Å². The third-order valence-corrected chi connectivity index (χ3v) is 6.70. The van der Waals surface area contributed by atoms with Crippen LogP contribution >= 0.6 is 11.6 Å². The van der Waals surface area contributed by atoms with Gasteiger partial charge in [0.25, 0.3) is 0 Å². The van der Waals surface area contributed by atoms with Crippen LogP contribution in [0.15, 0.2) is 53.4 Å². The Balaban J connectivity index is 1.49. The molecule has 30 heavy (non-hydrogen) atoms. The van der Waals surface area contributed by atoms with Crippen molar-refractivity contribution in [3.05, 3.63) is 59.4 Å². The molecule has 0 spiro atoms. The second kappa shape index (κ2) is 9.52. The van der Waals surface area contributed by atoms with E-state index in [1.165, 1.54) is 10.4 Å². The van der Waals surface area contributed by atoms with Crippen LogP contribution in [-0.4, -0.2) is 62.3 Å². The Labute approximate surface area is 178 Å². The molecule has 0 bridgehead atoms. The summed E-state index contributed by atoms with van der Waals surface area (Å²) in [6.07, 6.45) is 0. The van der Waals surface area contributed by atoms with E-state index >= 15 is 0 Å². The number of hydrogen-bond donors (Lipinski definition) is 2. The number of piperazine rings is 1. The van der Waals surface area contributed by atoms with E-state index in [4.69, 9.17) is 11.6 Å². The molecule has 8 nitrogen and oxygen atoms in total. The van der Waals surface area contributed by atoms with Crippen molar-refractivity contribution in [1.29, 1.82) is 0 Å². The van der Waals surface area contributed by atoms with Gasteiger partial charge in [0.15, 0.2) is 0 Å². The van der Waals surface area contributed by atoms with E-state index in [9.17, 15) is 22.4 Å². The molecule has 1 aliphatic heterocycles. The van der Waals surface area contributed by atoms with Crippen LogP contribution in [0, 0.1) is 5.82 Å². The molecule has 0 aromatic heterocycles. The van der Waals surface area contributed by atoms with E-state index in [0.717, 1.165) is 12.1 Å². The number of para-hydroxylation sites is 1. The number of carbonyl (C=O) groups is 2. The summed E-state index contributed by atoms with van der Waals surface area (Å²) in [6, 6.07) is 11.3. The largest absolute Gasteiger partial charge is 0.325 e. The lowest BCUT2D eigenvalue weighted by Gasteiger charge is -2.33. The van der Waals surface area contributed by atoms with Gasteiger partial charge in [-0.3, -0.25) is 15.0 Å². The van der Waals surface area contributed by atoms with Gasteiger partial charge in [-0.05, 0) is 30.3 Å². The smallest absolute Gasteiger partial charge is 0.308 e. The van der Waals surface area contributed by atoms with E-state index in [1.54, 1.807) is 35.2 Å². The quantitative estimate of drug-likeness (QED) is 0.721. The predicted octanol–water partition coefficient (Wildman–Crippen LogP) is 2.13. The normalized spacial score (nSPS) is 15.5. The third kappa shape index (κ3) is 5.54. The minimum atomic E-state index is -3.82. The van der Waals surface area contributed by atoms with Crippen LogP contribution in [0.3, 0.4) is 0 Å². The number of anilines is 1. The predicted molar refractivity (Wildman–Crippen MR) is 110 cm³/mol. The number of rotatable bonds is 5. The number of nitrogens with zero attached hydrogens (tertiary/aromatic N) is 2. The molecule has 160 valence electrons. The standard InChI is InChI=1S/C19H20ClFN4O4S/c20-16-12-15(6-7-17(16)21)30(28,29)25-10-8-24(9-11-25)13-18(26)23-19(27)22-14-4-2-1-3-5-14/h1-7,12H,8-11,13H2,(H2,22,23,26,27). The Morgan fingerprint density at radius 1 is 1.03 bits per heavy atom. The van der Waals surface area contributed by atoms with Gasteiger partial charge in [0.2, 0.25) is 15.9 Å². The van der Waals surface area contributed by atoms with Crippen molar-refractivity contribution in [3.8, 4) is 0 Å². The molecule has 0 radical (unpaired) electrons. The number of halogens is 2. The molecule has 0 unspecified atom stereocenters. The van der Waals surface area contributed by atoms with Gasteiger partial charge in [-0.15, -0.1) is 0 Å². The van der Waals surface area contributed by atoms with Crippen molar-refractivity contribution < 1.29 is 22.4 Å². The summed E-state index contributed by atoms with van der Waals surface area (Å²) in [6.45, 7) is 0.879. The Hall–Kier alpha value is -2.53. The Morgan fingerprint density at radius 3 is 2.33 bits per heavy atom. The lowest BCUT2D eigenvalue weighted by atomic mass is 10.3. The summed E-state index contributed by atoms with van der Waals surface area (Å²) < 4.78 is 39.9. The van der Waals surface area contributed by atoms with Crippen LogP contribution in [-0.2, 0) is 14.8 Å². The number of carbonyl (C=O) groups excluding carboxylic acids is 2. The number of amides is 3. The minimum Gasteiger partial charge on any atom is -0.308 e. The van der Waals surface area contributed by atoms with Crippen molar-refractivity contribution in [1.82, 2.24) is 14.5 Å². The molecule has 11 heteroatoms. The van der Waals surface area contributed by atoms with Crippen molar-refractivity contribution in [2.24, 2.45) is 0 Å². The average Bonchev–Trinajstić information content (AvgIpc) is 2.71. The molecule has 1 fully saturated rings. The van der Waals surface area contributed by atoms with E-state index in [2.05, 4.69) is 10.6 Å². The number of benzene rings is 2. The second-order valence-electron chi connectivity index (χ2n) is 6.62. The number of imide groups is 1. The Bertz CT molecular complexity index is 1030. The molecule has 3 rings (SSSR count). The Kier molecular flexibility index (Phi) is 7.03. The number of sulfonamides is 1. The molecular weight excluding hydrogens is 435 g/mol. The van der Waals surface area contributed by atoms with Gasteiger partial charge < -0.3 is 5.32 Å². The molecule has 1 aliphatic rings. The summed E-state index contributed by atoms with van der Waals surface area (Å²) in [5, 5.41) is 4.53. The molecule has 2 aromatic carbocycles. The molecule has 2 N–H and O–H groups in total. The van der Waals surface area contributed by atoms with E-state index < -0.39 is 27.8 Å². The summed E-state index contributed by atoms with van der Waals surface area (Å²) >= 11 is 5.69. The zero-order chi connectivity index (χ0) is 21.7. The molecule has 1 saturated heterocycles. The molecule has 3 amide bonds. The third-order valence-electron chi connectivity index (χ3n) is 4.51. The molecule has 0 atom stereocenters. The van der Waals surface area contributed by atoms with Crippen molar-refractivity contribution in [2.75, 3.05) is 38.0 Å². The van der Waals surface area contributed by atoms with Crippen LogP contribution in [0.25, 0.3) is 0 Å². The zero-order valence-electron chi connectivity index (χ0n) is 15.8. The lowest BCUT2D eigenvalue weighted by molar-refractivity contribution is -0.121. The first-order valence-electron chi connectivity index (χ1n) is 9.09. The highest BCUT2D eigenvalue weighted by atomic mass is 35.5. The number of nitrogens with one attached hydrogen (secondary N) is 2. The van der Waals surface area contributed by atoms with Crippen LogP contribution < -0.4 is 10.6 Å². The highest BCUT2D eigenvalue weighted by Crippen LogP contribution is 2.23. The van der Waals surface area contributed by atoms with Crippen LogP contribution in [0.4, 0.5) is 14.9 Å². The summed E-state index contributed by atoms with van der Waals surface area (Å²) in [4.78, 5) is 25.6. The molecular formula is C19H20ClFN4O4S. The van der Waals surface area contributed by atoms with Gasteiger partial charge in [-0.2, -0.15) is 4.31 Å². The fraction of sp³-hybridized carbons (Fsp3) is 0.263. The zero-order valence-corrected chi connectivity index (χ0v) is 17.4.